The number of ether oxygens (including phenoxy) is 1. The number of benzene rings is 1. The van der Waals surface area contributed by atoms with Gasteiger partial charge >= 0.3 is 0 Å². The molecule has 0 radical (unpaired) electrons. The molecule has 2 heterocycles. The summed E-state index contributed by atoms with van der Waals surface area (Å²) in [4.78, 5) is 13.2. The van der Waals surface area contributed by atoms with E-state index in [9.17, 15) is 4.79 Å². The first-order valence-corrected chi connectivity index (χ1v) is 6.72. The van der Waals surface area contributed by atoms with E-state index in [-0.39, 0.29) is 0 Å². The van der Waals surface area contributed by atoms with Crippen LogP contribution in [0.1, 0.15) is 16.1 Å². The second-order valence-corrected chi connectivity index (χ2v) is 4.85. The molecule has 0 spiro atoms. The molecule has 3 rings (SSSR count). The zero-order chi connectivity index (χ0) is 13.9. The average molecular weight is 271 g/mol. The topological polar surface area (TPSA) is 47.4 Å². The zero-order valence-electron chi connectivity index (χ0n) is 11.5. The molecule has 2 aromatic rings. The number of rotatable bonds is 3. The minimum atomic E-state index is 0.627. The van der Waals surface area contributed by atoms with Gasteiger partial charge in [0, 0.05) is 25.0 Å². The monoisotopic (exact) mass is 271 g/mol. The molecule has 5 heteroatoms. The maximum atomic E-state index is 10.9. The third-order valence-electron chi connectivity index (χ3n) is 3.55. The van der Waals surface area contributed by atoms with Crippen LogP contribution in [0.5, 0.6) is 0 Å². The van der Waals surface area contributed by atoms with Gasteiger partial charge in [-0.15, -0.1) is 0 Å². The molecule has 0 amide bonds. The fourth-order valence-corrected chi connectivity index (χ4v) is 2.36. The lowest BCUT2D eigenvalue weighted by Gasteiger charge is -2.28. The van der Waals surface area contributed by atoms with Gasteiger partial charge in [0.1, 0.15) is 0 Å². The highest BCUT2D eigenvalue weighted by Crippen LogP contribution is 2.19. The van der Waals surface area contributed by atoms with Crippen LogP contribution in [0.15, 0.2) is 30.5 Å². The number of aldehydes is 1. The van der Waals surface area contributed by atoms with Crippen LogP contribution in [0.3, 0.4) is 0 Å². The predicted molar refractivity (Wildman–Crippen MR) is 76.7 cm³/mol. The molecule has 1 aromatic heterocycles. The molecular formula is C15H17N3O2. The second-order valence-electron chi connectivity index (χ2n) is 4.85. The normalized spacial score (nSPS) is 15.3. The van der Waals surface area contributed by atoms with Crippen molar-refractivity contribution in [2.45, 2.75) is 6.92 Å². The lowest BCUT2D eigenvalue weighted by Crippen LogP contribution is -2.36. The van der Waals surface area contributed by atoms with Crippen LogP contribution in [-0.2, 0) is 4.74 Å². The van der Waals surface area contributed by atoms with E-state index in [2.05, 4.69) is 22.1 Å². The number of hydrogen-bond donors (Lipinski definition) is 0. The van der Waals surface area contributed by atoms with Crippen molar-refractivity contribution in [2.24, 2.45) is 0 Å². The highest BCUT2D eigenvalue weighted by Gasteiger charge is 2.11. The summed E-state index contributed by atoms with van der Waals surface area (Å²) in [6, 6.07) is 8.20. The lowest BCUT2D eigenvalue weighted by atomic mass is 10.2. The lowest BCUT2D eigenvalue weighted by molar-refractivity contribution is 0.112. The van der Waals surface area contributed by atoms with Crippen LogP contribution in [0, 0.1) is 6.92 Å². The first-order valence-electron chi connectivity index (χ1n) is 6.72. The highest BCUT2D eigenvalue weighted by atomic mass is 16.5. The number of carbonyl (C=O) groups is 1. The molecule has 0 aliphatic carbocycles. The van der Waals surface area contributed by atoms with Crippen molar-refractivity contribution >= 4 is 12.0 Å². The van der Waals surface area contributed by atoms with Crippen LogP contribution in [0.25, 0.3) is 5.69 Å². The Morgan fingerprint density at radius 1 is 1.15 bits per heavy atom. The zero-order valence-corrected chi connectivity index (χ0v) is 11.5. The number of carbonyl (C=O) groups excluding carboxylic acids is 1. The first kappa shape index (κ1) is 12.9. The van der Waals surface area contributed by atoms with E-state index in [1.54, 1.807) is 10.9 Å². The summed E-state index contributed by atoms with van der Waals surface area (Å²) in [5.41, 5.74) is 3.52. The van der Waals surface area contributed by atoms with Gasteiger partial charge in [-0.2, -0.15) is 5.10 Å². The van der Waals surface area contributed by atoms with Crippen LogP contribution in [0.4, 0.5) is 5.69 Å². The Morgan fingerprint density at radius 3 is 2.40 bits per heavy atom. The molecule has 0 saturated carbocycles. The average Bonchev–Trinajstić information content (AvgIpc) is 2.89. The van der Waals surface area contributed by atoms with Crippen molar-refractivity contribution in [3.05, 3.63) is 41.7 Å². The highest BCUT2D eigenvalue weighted by molar-refractivity contribution is 5.76. The van der Waals surface area contributed by atoms with Gasteiger partial charge in [0.25, 0.3) is 0 Å². The summed E-state index contributed by atoms with van der Waals surface area (Å²) in [5.74, 6) is 0. The molecule has 1 aliphatic heterocycles. The molecule has 0 N–H and O–H groups in total. The molecule has 1 aromatic carbocycles. The van der Waals surface area contributed by atoms with Crippen molar-refractivity contribution in [3.63, 3.8) is 0 Å². The minimum absolute atomic E-state index is 0.627. The number of nitrogens with zero attached hydrogens (tertiary/aromatic N) is 3. The molecule has 104 valence electrons. The SMILES string of the molecule is Cc1nn(-c2ccc(N3CCOCC3)cc2)cc1C=O. The van der Waals surface area contributed by atoms with Gasteiger partial charge in [0.2, 0.25) is 0 Å². The number of anilines is 1. The summed E-state index contributed by atoms with van der Waals surface area (Å²) >= 11 is 0. The Hall–Kier alpha value is -2.14. The molecule has 1 fully saturated rings. The summed E-state index contributed by atoms with van der Waals surface area (Å²) < 4.78 is 7.09. The van der Waals surface area contributed by atoms with Gasteiger partial charge in [-0.3, -0.25) is 4.79 Å². The predicted octanol–water partition coefficient (Wildman–Crippen LogP) is 1.83. The van der Waals surface area contributed by atoms with E-state index in [1.807, 2.05) is 19.1 Å². The van der Waals surface area contributed by atoms with Crippen molar-refractivity contribution in [3.8, 4) is 5.69 Å². The van der Waals surface area contributed by atoms with Gasteiger partial charge in [-0.25, -0.2) is 4.68 Å². The smallest absolute Gasteiger partial charge is 0.153 e. The third kappa shape index (κ3) is 2.44. The van der Waals surface area contributed by atoms with Crippen LogP contribution < -0.4 is 4.90 Å². The fraction of sp³-hybridized carbons (Fsp3) is 0.333. The number of hydrogen-bond acceptors (Lipinski definition) is 4. The molecule has 0 unspecified atom stereocenters. The Kier molecular flexibility index (Phi) is 3.52. The number of aryl methyl sites for hydroxylation is 1. The standard InChI is InChI=1S/C15H17N3O2/c1-12-13(11-19)10-18(16-12)15-4-2-14(3-5-15)17-6-8-20-9-7-17/h2-5,10-11H,6-9H2,1H3. The quantitative estimate of drug-likeness (QED) is 0.799. The Labute approximate surface area is 117 Å². The van der Waals surface area contributed by atoms with Crippen LogP contribution in [-0.4, -0.2) is 42.4 Å². The molecule has 1 aliphatic rings. The van der Waals surface area contributed by atoms with Crippen LogP contribution >= 0.6 is 0 Å². The number of morpholine rings is 1. The fourth-order valence-electron chi connectivity index (χ4n) is 2.36. The van der Waals surface area contributed by atoms with Crippen LogP contribution in [0.2, 0.25) is 0 Å². The molecule has 20 heavy (non-hydrogen) atoms. The van der Waals surface area contributed by atoms with E-state index in [4.69, 9.17) is 4.74 Å². The Balaban J connectivity index is 1.82. The van der Waals surface area contributed by atoms with Gasteiger partial charge < -0.3 is 9.64 Å². The first-order chi connectivity index (χ1) is 9.78. The van der Waals surface area contributed by atoms with Gasteiger partial charge in [-0.05, 0) is 31.2 Å². The number of aromatic nitrogens is 2. The molecule has 0 atom stereocenters. The van der Waals surface area contributed by atoms with Gasteiger partial charge in [-0.1, -0.05) is 0 Å². The van der Waals surface area contributed by atoms with E-state index < -0.39 is 0 Å². The Bertz CT molecular complexity index is 598. The summed E-state index contributed by atoms with van der Waals surface area (Å²) in [6.45, 7) is 5.25. The Morgan fingerprint density at radius 2 is 1.80 bits per heavy atom. The largest absolute Gasteiger partial charge is 0.378 e. The van der Waals surface area contributed by atoms with Crippen molar-refractivity contribution < 1.29 is 9.53 Å². The van der Waals surface area contributed by atoms with Gasteiger partial charge in [0.15, 0.2) is 6.29 Å². The minimum Gasteiger partial charge on any atom is -0.378 e. The molecule has 1 saturated heterocycles. The van der Waals surface area contributed by atoms with Crippen molar-refractivity contribution in [2.75, 3.05) is 31.2 Å². The summed E-state index contributed by atoms with van der Waals surface area (Å²) in [7, 11) is 0. The van der Waals surface area contributed by atoms with E-state index >= 15 is 0 Å². The van der Waals surface area contributed by atoms with Gasteiger partial charge in [0.05, 0.1) is 30.2 Å². The molecule has 5 nitrogen and oxygen atoms in total. The van der Waals surface area contributed by atoms with Crippen molar-refractivity contribution in [1.82, 2.24) is 9.78 Å². The van der Waals surface area contributed by atoms with E-state index in [1.165, 1.54) is 5.69 Å². The maximum Gasteiger partial charge on any atom is 0.153 e. The van der Waals surface area contributed by atoms with E-state index in [0.29, 0.717) is 5.56 Å². The summed E-state index contributed by atoms with van der Waals surface area (Å²) in [5, 5.41) is 4.35. The molecule has 0 bridgehead atoms. The summed E-state index contributed by atoms with van der Waals surface area (Å²) in [6.07, 6.45) is 2.59. The van der Waals surface area contributed by atoms with Crippen molar-refractivity contribution in [1.29, 1.82) is 0 Å². The van der Waals surface area contributed by atoms with E-state index in [0.717, 1.165) is 44.0 Å². The maximum absolute atomic E-state index is 10.9. The molecular weight excluding hydrogens is 254 g/mol. The second kappa shape index (κ2) is 5.46. The third-order valence-corrected chi connectivity index (χ3v) is 3.55.